The maximum Gasteiger partial charge on any atom is 0.0589 e. The van der Waals surface area contributed by atoms with Gasteiger partial charge >= 0.3 is 0 Å². The fourth-order valence-corrected chi connectivity index (χ4v) is 3.68. The van der Waals surface area contributed by atoms with E-state index >= 15 is 0 Å². The van der Waals surface area contributed by atoms with E-state index in [0.29, 0.717) is 5.54 Å². The molecule has 2 fully saturated rings. The van der Waals surface area contributed by atoms with Crippen LogP contribution in [0, 0.1) is 5.92 Å². The summed E-state index contributed by atoms with van der Waals surface area (Å²) in [6.45, 7) is 9.09. The Hall–Kier alpha value is -0.120. The molecule has 3 heteroatoms. The van der Waals surface area contributed by atoms with E-state index in [1.54, 1.807) is 0 Å². The van der Waals surface area contributed by atoms with E-state index in [-0.39, 0.29) is 0 Å². The molecule has 2 atom stereocenters. The highest BCUT2D eigenvalue weighted by Gasteiger charge is 2.38. The first-order valence-corrected chi connectivity index (χ1v) is 8.19. The van der Waals surface area contributed by atoms with E-state index in [9.17, 15) is 0 Å². The Kier molecular flexibility index (Phi) is 5.67. The number of ether oxygens (including phenoxy) is 1. The van der Waals surface area contributed by atoms with Gasteiger partial charge in [0.25, 0.3) is 0 Å². The Morgan fingerprint density at radius 2 is 2.21 bits per heavy atom. The minimum absolute atomic E-state index is 0.381. The predicted molar refractivity (Wildman–Crippen MR) is 80.5 cm³/mol. The van der Waals surface area contributed by atoms with Gasteiger partial charge in [0, 0.05) is 31.8 Å². The number of nitrogens with one attached hydrogen (secondary N) is 1. The zero-order valence-corrected chi connectivity index (χ0v) is 13.1. The number of methoxy groups -OCH3 is 1. The molecule has 3 nitrogen and oxygen atoms in total. The Bertz CT molecular complexity index is 259. The fraction of sp³-hybridized carbons (Fsp3) is 1.00. The van der Waals surface area contributed by atoms with Gasteiger partial charge in [0.2, 0.25) is 0 Å². The monoisotopic (exact) mass is 268 g/mol. The lowest BCUT2D eigenvalue weighted by Crippen LogP contribution is -2.53. The lowest BCUT2D eigenvalue weighted by molar-refractivity contribution is 0.0883. The molecule has 2 aliphatic rings. The van der Waals surface area contributed by atoms with Gasteiger partial charge in [-0.2, -0.15) is 0 Å². The summed E-state index contributed by atoms with van der Waals surface area (Å²) in [6.07, 6.45) is 8.14. The molecular formula is C16H32N2O. The van der Waals surface area contributed by atoms with Crippen LogP contribution in [0.1, 0.15) is 52.4 Å². The molecule has 1 saturated heterocycles. The second-order valence-corrected chi connectivity index (χ2v) is 6.60. The Morgan fingerprint density at radius 1 is 1.42 bits per heavy atom. The molecule has 1 aliphatic carbocycles. The topological polar surface area (TPSA) is 24.5 Å². The zero-order chi connectivity index (χ0) is 13.7. The van der Waals surface area contributed by atoms with E-state index in [4.69, 9.17) is 4.74 Å². The number of rotatable bonds is 9. The summed E-state index contributed by atoms with van der Waals surface area (Å²) in [7, 11) is 1.82. The Morgan fingerprint density at radius 3 is 2.74 bits per heavy atom. The maximum absolute atomic E-state index is 5.32. The highest BCUT2D eigenvalue weighted by Crippen LogP contribution is 2.36. The van der Waals surface area contributed by atoms with E-state index in [0.717, 1.165) is 25.1 Å². The molecule has 2 rings (SSSR count). The van der Waals surface area contributed by atoms with Crippen LogP contribution in [-0.4, -0.2) is 49.8 Å². The zero-order valence-electron chi connectivity index (χ0n) is 13.1. The molecule has 2 unspecified atom stereocenters. The molecule has 0 spiro atoms. The number of hydrogen-bond donors (Lipinski definition) is 1. The number of nitrogens with zero attached hydrogens (tertiary/aromatic N) is 1. The number of hydrogen-bond acceptors (Lipinski definition) is 3. The maximum atomic E-state index is 5.32. The van der Waals surface area contributed by atoms with Gasteiger partial charge in [0.05, 0.1) is 6.61 Å². The van der Waals surface area contributed by atoms with Crippen molar-refractivity contribution in [3.05, 3.63) is 0 Å². The van der Waals surface area contributed by atoms with Crippen LogP contribution in [0.3, 0.4) is 0 Å². The van der Waals surface area contributed by atoms with Crippen molar-refractivity contribution in [1.29, 1.82) is 0 Å². The third kappa shape index (κ3) is 4.17. The van der Waals surface area contributed by atoms with Crippen LogP contribution in [0.5, 0.6) is 0 Å². The summed E-state index contributed by atoms with van der Waals surface area (Å²) in [4.78, 5) is 2.69. The van der Waals surface area contributed by atoms with Crippen LogP contribution in [0.2, 0.25) is 0 Å². The van der Waals surface area contributed by atoms with E-state index in [2.05, 4.69) is 24.1 Å². The lowest BCUT2D eigenvalue weighted by Gasteiger charge is -2.39. The summed E-state index contributed by atoms with van der Waals surface area (Å²) < 4.78 is 5.32. The molecule has 0 bridgehead atoms. The highest BCUT2D eigenvalue weighted by atomic mass is 16.5. The molecular weight excluding hydrogens is 236 g/mol. The van der Waals surface area contributed by atoms with Crippen LogP contribution >= 0.6 is 0 Å². The van der Waals surface area contributed by atoms with Gasteiger partial charge in [-0.25, -0.2) is 0 Å². The molecule has 0 aromatic carbocycles. The first kappa shape index (κ1) is 15.3. The predicted octanol–water partition coefficient (Wildman–Crippen LogP) is 2.66. The Labute approximate surface area is 119 Å². The summed E-state index contributed by atoms with van der Waals surface area (Å²) in [5.41, 5.74) is 0.381. The standard InChI is InChI=1S/C16H32N2O/c1-4-8-16(9-5-10-17-16)13-18(11-12-19-3)14(2)15-6-7-15/h14-15,17H,4-13H2,1-3H3. The van der Waals surface area contributed by atoms with Crippen LogP contribution in [0.25, 0.3) is 0 Å². The highest BCUT2D eigenvalue weighted by molar-refractivity contribution is 4.97. The molecule has 0 aromatic heterocycles. The van der Waals surface area contributed by atoms with Gasteiger partial charge in [-0.15, -0.1) is 0 Å². The third-order valence-corrected chi connectivity index (χ3v) is 5.03. The van der Waals surface area contributed by atoms with Gasteiger partial charge in [-0.1, -0.05) is 13.3 Å². The second kappa shape index (κ2) is 7.05. The SMILES string of the molecule is CCCC1(CN(CCOC)C(C)C2CC2)CCCN1. The molecule has 0 radical (unpaired) electrons. The molecule has 112 valence electrons. The van der Waals surface area contributed by atoms with Gasteiger partial charge in [0.15, 0.2) is 0 Å². The molecule has 19 heavy (non-hydrogen) atoms. The summed E-state index contributed by atoms with van der Waals surface area (Å²) in [5.74, 6) is 0.942. The minimum atomic E-state index is 0.381. The van der Waals surface area contributed by atoms with Crippen LogP contribution < -0.4 is 5.32 Å². The minimum Gasteiger partial charge on any atom is -0.383 e. The van der Waals surface area contributed by atoms with Crippen molar-refractivity contribution in [2.24, 2.45) is 5.92 Å². The lowest BCUT2D eigenvalue weighted by atomic mass is 9.90. The molecule has 0 amide bonds. The van der Waals surface area contributed by atoms with Crippen LogP contribution in [-0.2, 0) is 4.74 Å². The normalized spacial score (nSPS) is 29.1. The summed E-state index contributed by atoms with van der Waals surface area (Å²) in [5, 5.41) is 3.81. The van der Waals surface area contributed by atoms with Crippen molar-refractivity contribution >= 4 is 0 Å². The van der Waals surface area contributed by atoms with Crippen molar-refractivity contribution in [2.75, 3.05) is 33.4 Å². The fourth-order valence-electron chi connectivity index (χ4n) is 3.68. The van der Waals surface area contributed by atoms with Crippen molar-refractivity contribution in [1.82, 2.24) is 10.2 Å². The average Bonchev–Trinajstić information content (AvgIpc) is 3.16. The first-order chi connectivity index (χ1) is 9.21. The van der Waals surface area contributed by atoms with Crippen molar-refractivity contribution < 1.29 is 4.74 Å². The van der Waals surface area contributed by atoms with Gasteiger partial charge < -0.3 is 10.1 Å². The molecule has 1 saturated carbocycles. The van der Waals surface area contributed by atoms with Gasteiger partial charge in [-0.05, 0) is 51.5 Å². The van der Waals surface area contributed by atoms with E-state index in [1.807, 2.05) is 7.11 Å². The van der Waals surface area contributed by atoms with Crippen molar-refractivity contribution in [3.63, 3.8) is 0 Å². The third-order valence-electron chi connectivity index (χ3n) is 5.03. The quantitative estimate of drug-likeness (QED) is 0.696. The molecule has 0 aromatic rings. The van der Waals surface area contributed by atoms with Crippen LogP contribution in [0.15, 0.2) is 0 Å². The van der Waals surface area contributed by atoms with Crippen molar-refractivity contribution in [3.8, 4) is 0 Å². The van der Waals surface area contributed by atoms with E-state index < -0.39 is 0 Å². The van der Waals surface area contributed by atoms with Gasteiger partial charge in [-0.3, -0.25) is 4.90 Å². The summed E-state index contributed by atoms with van der Waals surface area (Å²) >= 11 is 0. The first-order valence-electron chi connectivity index (χ1n) is 8.19. The molecule has 1 N–H and O–H groups in total. The van der Waals surface area contributed by atoms with Crippen molar-refractivity contribution in [2.45, 2.75) is 64.0 Å². The largest absolute Gasteiger partial charge is 0.383 e. The Balaban J connectivity index is 1.95. The average molecular weight is 268 g/mol. The summed E-state index contributed by atoms with van der Waals surface area (Å²) in [6, 6.07) is 0.728. The second-order valence-electron chi connectivity index (χ2n) is 6.60. The smallest absolute Gasteiger partial charge is 0.0589 e. The van der Waals surface area contributed by atoms with Crippen LogP contribution in [0.4, 0.5) is 0 Å². The molecule has 1 aliphatic heterocycles. The molecule has 1 heterocycles. The van der Waals surface area contributed by atoms with E-state index in [1.165, 1.54) is 51.6 Å². The van der Waals surface area contributed by atoms with Gasteiger partial charge in [0.1, 0.15) is 0 Å².